The molecule has 4 rings (SSSR count). The summed E-state index contributed by atoms with van der Waals surface area (Å²) in [7, 11) is 0. The maximum Gasteiger partial charge on any atom is 0.158 e. The van der Waals surface area contributed by atoms with E-state index in [2.05, 4.69) is 19.9 Å². The maximum absolute atomic E-state index is 12.1. The molecular formula is C20H30O2. The number of hydrogen-bond donors (Lipinski definition) is 1. The van der Waals surface area contributed by atoms with Crippen molar-refractivity contribution in [1.29, 1.82) is 0 Å². The first-order valence-corrected chi connectivity index (χ1v) is 9.27. The molecule has 0 spiro atoms. The molecule has 4 aliphatic rings. The van der Waals surface area contributed by atoms with Gasteiger partial charge in [-0.3, -0.25) is 4.79 Å². The molecule has 0 bridgehead atoms. The van der Waals surface area contributed by atoms with Gasteiger partial charge in [-0.1, -0.05) is 19.9 Å². The number of allylic oxidation sites excluding steroid dienone is 2. The summed E-state index contributed by atoms with van der Waals surface area (Å²) in [5.41, 5.74) is 1.38. The minimum absolute atomic E-state index is 0.0887. The Balaban J connectivity index is 1.70. The first-order chi connectivity index (χ1) is 10.4. The fourth-order valence-corrected chi connectivity index (χ4v) is 6.92. The molecule has 2 nitrogen and oxygen atoms in total. The van der Waals surface area contributed by atoms with Crippen molar-refractivity contribution in [3.05, 3.63) is 11.6 Å². The Kier molecular flexibility index (Phi) is 3.18. The van der Waals surface area contributed by atoms with Crippen molar-refractivity contribution in [1.82, 2.24) is 0 Å². The minimum atomic E-state index is -0.0887. The lowest BCUT2D eigenvalue weighted by Crippen LogP contribution is -2.53. The molecule has 0 saturated heterocycles. The van der Waals surface area contributed by atoms with Crippen LogP contribution in [0.4, 0.5) is 0 Å². The number of aliphatic hydroxyl groups excluding tert-OH is 1. The minimum Gasteiger partial charge on any atom is -0.393 e. The first-order valence-electron chi connectivity index (χ1n) is 9.27. The molecule has 0 radical (unpaired) electrons. The highest BCUT2D eigenvalue weighted by atomic mass is 16.3. The number of Topliss-reactive ketones (excluding diaryl/α,β-unsaturated/α-hetero) is 1. The monoisotopic (exact) mass is 302 g/mol. The molecule has 122 valence electrons. The van der Waals surface area contributed by atoms with E-state index in [1.807, 2.05) is 6.92 Å². The second-order valence-corrected chi connectivity index (χ2v) is 9.11. The van der Waals surface area contributed by atoms with Crippen molar-refractivity contribution in [2.24, 2.45) is 34.5 Å². The lowest BCUT2D eigenvalue weighted by atomic mass is 9.46. The van der Waals surface area contributed by atoms with E-state index in [1.54, 1.807) is 0 Å². The Bertz CT molecular complexity index is 536. The van der Waals surface area contributed by atoms with E-state index < -0.39 is 0 Å². The van der Waals surface area contributed by atoms with E-state index >= 15 is 0 Å². The van der Waals surface area contributed by atoms with Crippen molar-refractivity contribution < 1.29 is 9.90 Å². The SMILES string of the molecule is CC1=C[C@]2(C)[C@H](CC[C@H]3[C@H]2CC[C@@]2(C)[C@H](O)CC[C@H]32)CC1=O. The van der Waals surface area contributed by atoms with Crippen molar-refractivity contribution >= 4 is 5.78 Å². The summed E-state index contributed by atoms with van der Waals surface area (Å²) < 4.78 is 0. The van der Waals surface area contributed by atoms with Gasteiger partial charge in [-0.25, -0.2) is 0 Å². The summed E-state index contributed by atoms with van der Waals surface area (Å²) in [4.78, 5) is 12.1. The molecule has 7 atom stereocenters. The highest BCUT2D eigenvalue weighted by Crippen LogP contribution is 2.65. The maximum atomic E-state index is 12.1. The zero-order chi connectivity index (χ0) is 15.7. The average molecular weight is 302 g/mol. The number of carbonyl (C=O) groups excluding carboxylic acids is 1. The number of aliphatic hydroxyl groups is 1. The van der Waals surface area contributed by atoms with Gasteiger partial charge in [0.05, 0.1) is 6.10 Å². The summed E-state index contributed by atoms with van der Waals surface area (Å²) in [5.74, 6) is 3.11. The summed E-state index contributed by atoms with van der Waals surface area (Å²) in [5, 5.41) is 10.5. The Morgan fingerprint density at radius 2 is 1.86 bits per heavy atom. The smallest absolute Gasteiger partial charge is 0.158 e. The predicted octanol–water partition coefficient (Wildman–Crippen LogP) is 4.13. The number of fused-ring (bicyclic) bond motifs is 5. The van der Waals surface area contributed by atoms with Crippen LogP contribution in [0.2, 0.25) is 0 Å². The van der Waals surface area contributed by atoms with Gasteiger partial charge in [0.15, 0.2) is 5.78 Å². The van der Waals surface area contributed by atoms with Crippen LogP contribution in [-0.2, 0) is 4.79 Å². The van der Waals surface area contributed by atoms with Gasteiger partial charge in [-0.15, -0.1) is 0 Å². The third kappa shape index (κ3) is 1.79. The summed E-state index contributed by atoms with van der Waals surface area (Å²) >= 11 is 0. The zero-order valence-corrected chi connectivity index (χ0v) is 14.3. The molecule has 3 saturated carbocycles. The van der Waals surface area contributed by atoms with E-state index in [9.17, 15) is 9.90 Å². The molecule has 0 heterocycles. The average Bonchev–Trinajstić information content (AvgIpc) is 2.77. The molecule has 0 aromatic carbocycles. The molecule has 4 aliphatic carbocycles. The molecule has 0 aromatic heterocycles. The Labute approximate surface area is 134 Å². The van der Waals surface area contributed by atoms with Gasteiger partial charge in [-0.2, -0.15) is 0 Å². The van der Waals surface area contributed by atoms with E-state index in [0.717, 1.165) is 30.3 Å². The second-order valence-electron chi connectivity index (χ2n) is 9.11. The number of rotatable bonds is 0. The summed E-state index contributed by atoms with van der Waals surface area (Å²) in [6, 6.07) is 0. The third-order valence-corrected chi connectivity index (χ3v) is 8.31. The molecular weight excluding hydrogens is 272 g/mol. The Hall–Kier alpha value is -0.630. The normalized spacial score (nSPS) is 54.3. The zero-order valence-electron chi connectivity index (χ0n) is 14.3. The largest absolute Gasteiger partial charge is 0.393 e. The lowest BCUT2D eigenvalue weighted by Gasteiger charge is -2.58. The molecule has 0 aromatic rings. The Morgan fingerprint density at radius 3 is 2.64 bits per heavy atom. The van der Waals surface area contributed by atoms with Gasteiger partial charge in [0.1, 0.15) is 0 Å². The van der Waals surface area contributed by atoms with Gasteiger partial charge < -0.3 is 5.11 Å². The van der Waals surface area contributed by atoms with Crippen molar-refractivity contribution in [2.45, 2.75) is 71.8 Å². The molecule has 1 N–H and O–H groups in total. The van der Waals surface area contributed by atoms with Gasteiger partial charge >= 0.3 is 0 Å². The lowest BCUT2D eigenvalue weighted by molar-refractivity contribution is -0.125. The van der Waals surface area contributed by atoms with Crippen LogP contribution < -0.4 is 0 Å². The molecule has 0 aliphatic heterocycles. The van der Waals surface area contributed by atoms with Crippen LogP contribution in [0.5, 0.6) is 0 Å². The summed E-state index contributed by atoms with van der Waals surface area (Å²) in [6.07, 6.45) is 10.1. The van der Waals surface area contributed by atoms with E-state index in [0.29, 0.717) is 17.6 Å². The highest BCUT2D eigenvalue weighted by molar-refractivity contribution is 5.96. The van der Waals surface area contributed by atoms with Crippen molar-refractivity contribution in [2.75, 3.05) is 0 Å². The van der Waals surface area contributed by atoms with Crippen LogP contribution in [0.25, 0.3) is 0 Å². The quantitative estimate of drug-likeness (QED) is 0.730. The second kappa shape index (κ2) is 4.69. The van der Waals surface area contributed by atoms with Crippen LogP contribution >= 0.6 is 0 Å². The molecule has 0 unspecified atom stereocenters. The van der Waals surface area contributed by atoms with E-state index in [-0.39, 0.29) is 16.9 Å². The van der Waals surface area contributed by atoms with Crippen molar-refractivity contribution in [3.8, 4) is 0 Å². The topological polar surface area (TPSA) is 37.3 Å². The van der Waals surface area contributed by atoms with Gasteiger partial charge in [0.25, 0.3) is 0 Å². The van der Waals surface area contributed by atoms with E-state index in [1.165, 1.54) is 32.1 Å². The van der Waals surface area contributed by atoms with Crippen LogP contribution in [0.3, 0.4) is 0 Å². The third-order valence-electron chi connectivity index (χ3n) is 8.31. The first kappa shape index (κ1) is 14.9. The van der Waals surface area contributed by atoms with Gasteiger partial charge in [0.2, 0.25) is 0 Å². The molecule has 3 fully saturated rings. The van der Waals surface area contributed by atoms with Crippen molar-refractivity contribution in [3.63, 3.8) is 0 Å². The van der Waals surface area contributed by atoms with Crippen LogP contribution in [-0.4, -0.2) is 17.0 Å². The molecule has 22 heavy (non-hydrogen) atoms. The Morgan fingerprint density at radius 1 is 1.09 bits per heavy atom. The predicted molar refractivity (Wildman–Crippen MR) is 87.3 cm³/mol. The number of hydrogen-bond acceptors (Lipinski definition) is 2. The van der Waals surface area contributed by atoms with Gasteiger partial charge in [0, 0.05) is 6.42 Å². The van der Waals surface area contributed by atoms with E-state index in [4.69, 9.17) is 0 Å². The number of ketones is 1. The molecule has 2 heteroatoms. The fourth-order valence-electron chi connectivity index (χ4n) is 6.92. The fraction of sp³-hybridized carbons (Fsp3) is 0.850. The van der Waals surface area contributed by atoms with Gasteiger partial charge in [-0.05, 0) is 85.5 Å². The van der Waals surface area contributed by atoms with Crippen LogP contribution in [0, 0.1) is 34.5 Å². The molecule has 0 amide bonds. The summed E-state index contributed by atoms with van der Waals surface area (Å²) in [6.45, 7) is 6.78. The number of carbonyl (C=O) groups is 1. The highest BCUT2D eigenvalue weighted by Gasteiger charge is 2.59. The standard InChI is InChI=1S/C20H30O2/c1-12-11-20(3)13(10-17(12)21)4-5-14-15-6-7-18(22)19(15,2)9-8-16(14)20/h11,13-16,18,22H,4-10H2,1-3H3/t13-,14-,15-,16-,18-,19-,20-/m1/s1. The van der Waals surface area contributed by atoms with Crippen LogP contribution in [0.1, 0.15) is 65.7 Å². The van der Waals surface area contributed by atoms with Crippen LogP contribution in [0.15, 0.2) is 11.6 Å².